The summed E-state index contributed by atoms with van der Waals surface area (Å²) in [6.07, 6.45) is 3.72. The van der Waals surface area contributed by atoms with E-state index in [0.717, 1.165) is 6.07 Å². The van der Waals surface area contributed by atoms with E-state index in [0.29, 0.717) is 6.29 Å². The maximum absolute atomic E-state index is 13.2. The molecule has 0 aliphatic rings. The Morgan fingerprint density at radius 1 is 1.36 bits per heavy atom. The van der Waals surface area contributed by atoms with Crippen LogP contribution < -0.4 is 0 Å². The molecule has 0 radical (unpaired) electrons. The van der Waals surface area contributed by atoms with Crippen LogP contribution in [0.3, 0.4) is 0 Å². The maximum atomic E-state index is 13.2. The van der Waals surface area contributed by atoms with E-state index in [1.807, 2.05) is 0 Å². The van der Waals surface area contributed by atoms with Crippen LogP contribution in [0.2, 0.25) is 5.02 Å². The molecule has 0 saturated heterocycles. The smallest absolute Gasteiger partial charge is 0.151 e. The van der Waals surface area contributed by atoms with Crippen LogP contribution in [0.25, 0.3) is 6.08 Å². The molecule has 0 unspecified atom stereocenters. The van der Waals surface area contributed by atoms with Gasteiger partial charge in [0.25, 0.3) is 0 Å². The van der Waals surface area contributed by atoms with Crippen molar-refractivity contribution in [2.24, 2.45) is 0 Å². The van der Waals surface area contributed by atoms with Crippen LogP contribution in [-0.4, -0.2) is 6.29 Å². The summed E-state index contributed by atoms with van der Waals surface area (Å²) in [7, 11) is 0. The summed E-state index contributed by atoms with van der Waals surface area (Å²) in [6.45, 7) is 0. The molecule has 0 spiro atoms. The fraction of sp³-hybridized carbons (Fsp3) is 0.100. The molecule has 0 aliphatic carbocycles. The molecule has 0 N–H and O–H groups in total. The number of benzene rings is 1. The summed E-state index contributed by atoms with van der Waals surface area (Å²) in [5.41, 5.74) is 0.165. The summed E-state index contributed by atoms with van der Waals surface area (Å²) in [5, 5.41) is -0.529. The van der Waals surface area contributed by atoms with Gasteiger partial charge < -0.3 is 4.79 Å². The SMILES string of the molecule is O=CCC=Cc1ccc(F)c(Cl)c1F. The molecule has 0 amide bonds. The van der Waals surface area contributed by atoms with Gasteiger partial charge in [0.15, 0.2) is 5.82 Å². The van der Waals surface area contributed by atoms with E-state index < -0.39 is 16.7 Å². The summed E-state index contributed by atoms with van der Waals surface area (Å²) in [4.78, 5) is 9.97. The Morgan fingerprint density at radius 3 is 2.71 bits per heavy atom. The molecule has 1 rings (SSSR count). The molecular formula is C10H7ClF2O. The van der Waals surface area contributed by atoms with Gasteiger partial charge >= 0.3 is 0 Å². The molecule has 0 saturated carbocycles. The summed E-state index contributed by atoms with van der Waals surface area (Å²) >= 11 is 5.34. The molecule has 1 aromatic rings. The largest absolute Gasteiger partial charge is 0.303 e. The fourth-order valence-corrected chi connectivity index (χ4v) is 1.09. The third-order valence-electron chi connectivity index (χ3n) is 1.59. The molecule has 1 nitrogen and oxygen atoms in total. The quantitative estimate of drug-likeness (QED) is 0.560. The lowest BCUT2D eigenvalue weighted by Crippen LogP contribution is -1.87. The lowest BCUT2D eigenvalue weighted by atomic mass is 10.2. The molecule has 0 aromatic heterocycles. The van der Waals surface area contributed by atoms with Crippen LogP contribution in [0.1, 0.15) is 12.0 Å². The van der Waals surface area contributed by atoms with Gasteiger partial charge in [0, 0.05) is 12.0 Å². The molecule has 1 aromatic carbocycles. The minimum absolute atomic E-state index is 0.165. The number of carbonyl (C=O) groups is 1. The Morgan fingerprint density at radius 2 is 2.07 bits per heavy atom. The van der Waals surface area contributed by atoms with Crippen molar-refractivity contribution < 1.29 is 13.6 Å². The van der Waals surface area contributed by atoms with Crippen LogP contribution in [-0.2, 0) is 4.79 Å². The van der Waals surface area contributed by atoms with Crippen molar-refractivity contribution in [3.05, 3.63) is 40.4 Å². The van der Waals surface area contributed by atoms with E-state index in [9.17, 15) is 13.6 Å². The average molecular weight is 217 g/mol. The lowest BCUT2D eigenvalue weighted by molar-refractivity contribution is -0.107. The van der Waals surface area contributed by atoms with Crippen LogP contribution in [0.15, 0.2) is 18.2 Å². The monoisotopic (exact) mass is 216 g/mol. The van der Waals surface area contributed by atoms with Crippen molar-refractivity contribution in [3.63, 3.8) is 0 Å². The second-order valence-corrected chi connectivity index (χ2v) is 2.95. The van der Waals surface area contributed by atoms with Crippen LogP contribution in [0.5, 0.6) is 0 Å². The van der Waals surface area contributed by atoms with Gasteiger partial charge in [-0.1, -0.05) is 23.8 Å². The molecule has 0 aliphatic heterocycles. The number of carbonyl (C=O) groups excluding carboxylic acids is 1. The zero-order chi connectivity index (χ0) is 10.6. The van der Waals surface area contributed by atoms with E-state index in [1.165, 1.54) is 18.2 Å². The van der Waals surface area contributed by atoms with Gasteiger partial charge in [0.2, 0.25) is 0 Å². The highest BCUT2D eigenvalue weighted by Crippen LogP contribution is 2.22. The van der Waals surface area contributed by atoms with Gasteiger partial charge in [-0.3, -0.25) is 0 Å². The number of hydrogen-bond donors (Lipinski definition) is 0. The van der Waals surface area contributed by atoms with Gasteiger partial charge in [-0.05, 0) is 12.1 Å². The highest BCUT2D eigenvalue weighted by molar-refractivity contribution is 6.31. The van der Waals surface area contributed by atoms with Crippen molar-refractivity contribution >= 4 is 24.0 Å². The number of rotatable bonds is 3. The van der Waals surface area contributed by atoms with Gasteiger partial charge in [-0.25, -0.2) is 8.78 Å². The molecule has 0 atom stereocenters. The molecule has 0 heterocycles. The molecule has 0 fully saturated rings. The van der Waals surface area contributed by atoms with Crippen LogP contribution >= 0.6 is 11.6 Å². The Balaban J connectivity index is 2.99. The zero-order valence-corrected chi connectivity index (χ0v) is 7.89. The topological polar surface area (TPSA) is 17.1 Å². The Kier molecular flexibility index (Phi) is 3.77. The Hall–Kier alpha value is -1.22. The predicted octanol–water partition coefficient (Wildman–Crippen LogP) is 3.22. The van der Waals surface area contributed by atoms with E-state index in [-0.39, 0.29) is 12.0 Å². The van der Waals surface area contributed by atoms with E-state index >= 15 is 0 Å². The van der Waals surface area contributed by atoms with Crippen molar-refractivity contribution in [1.29, 1.82) is 0 Å². The summed E-state index contributed by atoms with van der Waals surface area (Å²) in [6, 6.07) is 2.34. The van der Waals surface area contributed by atoms with Crippen LogP contribution in [0.4, 0.5) is 8.78 Å². The minimum atomic E-state index is -0.811. The van der Waals surface area contributed by atoms with Crippen molar-refractivity contribution in [2.75, 3.05) is 0 Å². The number of halogens is 3. The zero-order valence-electron chi connectivity index (χ0n) is 7.14. The fourth-order valence-electron chi connectivity index (χ4n) is 0.920. The standard InChI is InChI=1S/C10H7ClF2O/c11-9-8(12)5-4-7(10(9)13)3-1-2-6-14/h1,3-6H,2H2. The van der Waals surface area contributed by atoms with Crippen LogP contribution in [0, 0.1) is 11.6 Å². The van der Waals surface area contributed by atoms with Crippen molar-refractivity contribution in [2.45, 2.75) is 6.42 Å². The van der Waals surface area contributed by atoms with E-state index in [2.05, 4.69) is 0 Å². The first-order valence-corrected chi connectivity index (χ1v) is 4.28. The van der Waals surface area contributed by atoms with E-state index in [4.69, 9.17) is 11.6 Å². The molecule has 0 bridgehead atoms. The first-order chi connectivity index (χ1) is 6.66. The van der Waals surface area contributed by atoms with Gasteiger partial charge in [-0.15, -0.1) is 0 Å². The summed E-state index contributed by atoms with van der Waals surface area (Å²) < 4.78 is 25.9. The van der Waals surface area contributed by atoms with Gasteiger partial charge in [0.05, 0.1) is 0 Å². The van der Waals surface area contributed by atoms with Crippen molar-refractivity contribution in [1.82, 2.24) is 0 Å². The Labute approximate surface area is 85.0 Å². The second kappa shape index (κ2) is 4.86. The van der Waals surface area contributed by atoms with E-state index in [1.54, 1.807) is 0 Å². The first kappa shape index (κ1) is 10.9. The molecule has 14 heavy (non-hydrogen) atoms. The van der Waals surface area contributed by atoms with Gasteiger partial charge in [-0.2, -0.15) is 0 Å². The number of allylic oxidation sites excluding steroid dienone is 1. The lowest BCUT2D eigenvalue weighted by Gasteiger charge is -1.99. The normalized spacial score (nSPS) is 10.8. The van der Waals surface area contributed by atoms with Crippen molar-refractivity contribution in [3.8, 4) is 0 Å². The second-order valence-electron chi connectivity index (χ2n) is 2.57. The Bertz CT molecular complexity index is 375. The molecular weight excluding hydrogens is 210 g/mol. The third kappa shape index (κ3) is 2.39. The molecule has 74 valence electrons. The number of hydrogen-bond acceptors (Lipinski definition) is 1. The molecule has 4 heteroatoms. The summed E-state index contributed by atoms with van der Waals surface area (Å²) in [5.74, 6) is -1.61. The minimum Gasteiger partial charge on any atom is -0.303 e. The predicted molar refractivity (Wildman–Crippen MR) is 51.1 cm³/mol. The first-order valence-electron chi connectivity index (χ1n) is 3.90. The average Bonchev–Trinajstić information content (AvgIpc) is 2.18. The van der Waals surface area contributed by atoms with Gasteiger partial charge in [0.1, 0.15) is 17.1 Å². The maximum Gasteiger partial charge on any atom is 0.151 e. The highest BCUT2D eigenvalue weighted by atomic mass is 35.5. The third-order valence-corrected chi connectivity index (χ3v) is 1.94. The highest BCUT2D eigenvalue weighted by Gasteiger charge is 2.08. The number of aldehydes is 1.